The van der Waals surface area contributed by atoms with Gasteiger partial charge in [-0.25, -0.2) is 4.68 Å². The van der Waals surface area contributed by atoms with E-state index in [1.807, 2.05) is 0 Å². The fraction of sp³-hybridized carbons (Fsp3) is 0.308. The molecule has 0 bridgehead atoms. The minimum Gasteiger partial charge on any atom is -0.394 e. The van der Waals surface area contributed by atoms with Crippen LogP contribution in [-0.4, -0.2) is 38.7 Å². The van der Waals surface area contributed by atoms with E-state index in [1.54, 1.807) is 6.92 Å². The Morgan fingerprint density at radius 2 is 2.18 bits per heavy atom. The molecule has 0 aliphatic carbocycles. The molecule has 2 N–H and O–H groups in total. The standard InChI is InChI=1S/C13H13F3N4O2/c1-8(7-21)17-12(22)11-6-20(19-18-11)10-4-2-3-9(5-10)13(14,15)16/h2-6,8,21H,7H2,1H3,(H,17,22). The fourth-order valence-electron chi connectivity index (χ4n) is 1.66. The summed E-state index contributed by atoms with van der Waals surface area (Å²) < 4.78 is 39.1. The Morgan fingerprint density at radius 1 is 1.45 bits per heavy atom. The van der Waals surface area contributed by atoms with Crippen molar-refractivity contribution in [3.05, 3.63) is 41.7 Å². The minimum atomic E-state index is -4.46. The number of rotatable bonds is 4. The van der Waals surface area contributed by atoms with Crippen LogP contribution in [0.25, 0.3) is 5.69 Å². The summed E-state index contributed by atoms with van der Waals surface area (Å²) in [6.07, 6.45) is -3.25. The van der Waals surface area contributed by atoms with Gasteiger partial charge in [0.05, 0.1) is 24.1 Å². The molecular formula is C13H13F3N4O2. The Bertz CT molecular complexity index is 669. The molecule has 6 nitrogen and oxygen atoms in total. The second kappa shape index (κ2) is 6.14. The monoisotopic (exact) mass is 314 g/mol. The number of nitrogens with one attached hydrogen (secondary N) is 1. The Hall–Kier alpha value is -2.42. The maximum Gasteiger partial charge on any atom is 0.416 e. The van der Waals surface area contributed by atoms with Gasteiger partial charge in [-0.2, -0.15) is 13.2 Å². The van der Waals surface area contributed by atoms with E-state index in [4.69, 9.17) is 5.11 Å². The lowest BCUT2D eigenvalue weighted by molar-refractivity contribution is -0.137. The maximum atomic E-state index is 12.7. The number of benzene rings is 1. The first-order chi connectivity index (χ1) is 10.3. The number of aliphatic hydroxyl groups is 1. The summed E-state index contributed by atoms with van der Waals surface area (Å²) >= 11 is 0. The number of hydrogen-bond donors (Lipinski definition) is 2. The predicted molar refractivity (Wildman–Crippen MR) is 70.4 cm³/mol. The topological polar surface area (TPSA) is 80.0 Å². The highest BCUT2D eigenvalue weighted by molar-refractivity contribution is 5.92. The zero-order chi connectivity index (χ0) is 16.3. The number of aromatic nitrogens is 3. The van der Waals surface area contributed by atoms with Crippen LogP contribution in [0.4, 0.5) is 13.2 Å². The Labute approximate surface area is 123 Å². The van der Waals surface area contributed by atoms with Gasteiger partial charge in [-0.1, -0.05) is 11.3 Å². The lowest BCUT2D eigenvalue weighted by Crippen LogP contribution is -2.35. The van der Waals surface area contributed by atoms with Crippen molar-refractivity contribution in [3.63, 3.8) is 0 Å². The van der Waals surface area contributed by atoms with Crippen molar-refractivity contribution in [2.24, 2.45) is 0 Å². The van der Waals surface area contributed by atoms with Gasteiger partial charge in [-0.3, -0.25) is 4.79 Å². The number of halogens is 3. The highest BCUT2D eigenvalue weighted by Gasteiger charge is 2.30. The first-order valence-electron chi connectivity index (χ1n) is 6.33. The van der Waals surface area contributed by atoms with Crippen LogP contribution >= 0.6 is 0 Å². The van der Waals surface area contributed by atoms with Crippen LogP contribution in [0.5, 0.6) is 0 Å². The highest BCUT2D eigenvalue weighted by Crippen LogP contribution is 2.30. The zero-order valence-electron chi connectivity index (χ0n) is 11.5. The van der Waals surface area contributed by atoms with Crippen LogP contribution in [0.15, 0.2) is 30.5 Å². The molecule has 1 amide bonds. The smallest absolute Gasteiger partial charge is 0.394 e. The van der Waals surface area contributed by atoms with Crippen molar-refractivity contribution < 1.29 is 23.1 Å². The number of nitrogens with zero attached hydrogens (tertiary/aromatic N) is 3. The largest absolute Gasteiger partial charge is 0.416 e. The summed E-state index contributed by atoms with van der Waals surface area (Å²) in [4.78, 5) is 11.8. The van der Waals surface area contributed by atoms with E-state index in [9.17, 15) is 18.0 Å². The minimum absolute atomic E-state index is 0.0577. The molecule has 1 aromatic carbocycles. The number of carbonyl (C=O) groups excluding carboxylic acids is 1. The molecule has 1 unspecified atom stereocenters. The molecule has 22 heavy (non-hydrogen) atoms. The van der Waals surface area contributed by atoms with E-state index in [0.717, 1.165) is 16.8 Å². The number of alkyl halides is 3. The number of hydrogen-bond acceptors (Lipinski definition) is 4. The Balaban J connectivity index is 2.23. The summed E-state index contributed by atoms with van der Waals surface area (Å²) in [6.45, 7) is 1.35. The Kier molecular flexibility index (Phi) is 4.45. The van der Waals surface area contributed by atoms with Crippen molar-refractivity contribution >= 4 is 5.91 Å². The summed E-state index contributed by atoms with van der Waals surface area (Å²) in [5, 5.41) is 18.6. The van der Waals surface area contributed by atoms with Gasteiger partial charge in [0, 0.05) is 6.04 Å². The third-order valence-electron chi connectivity index (χ3n) is 2.82. The molecule has 0 aliphatic rings. The molecule has 118 valence electrons. The third-order valence-corrected chi connectivity index (χ3v) is 2.82. The normalized spacial score (nSPS) is 13.0. The number of carbonyl (C=O) groups is 1. The maximum absolute atomic E-state index is 12.7. The first kappa shape index (κ1) is 16.0. The van der Waals surface area contributed by atoms with Crippen LogP contribution in [-0.2, 0) is 6.18 Å². The highest BCUT2D eigenvalue weighted by atomic mass is 19.4. The average Bonchev–Trinajstić information content (AvgIpc) is 2.96. The van der Waals surface area contributed by atoms with Crippen molar-refractivity contribution in [3.8, 4) is 5.69 Å². The fourth-order valence-corrected chi connectivity index (χ4v) is 1.66. The van der Waals surface area contributed by atoms with Crippen molar-refractivity contribution in [2.45, 2.75) is 19.1 Å². The van der Waals surface area contributed by atoms with Crippen LogP contribution in [0.3, 0.4) is 0 Å². The molecular weight excluding hydrogens is 301 g/mol. The number of amides is 1. The second-order valence-corrected chi connectivity index (χ2v) is 4.65. The molecule has 1 aromatic heterocycles. The zero-order valence-corrected chi connectivity index (χ0v) is 11.5. The molecule has 1 heterocycles. The lowest BCUT2D eigenvalue weighted by Gasteiger charge is -2.08. The second-order valence-electron chi connectivity index (χ2n) is 4.65. The van der Waals surface area contributed by atoms with Gasteiger partial charge < -0.3 is 10.4 Å². The molecule has 0 radical (unpaired) electrons. The van der Waals surface area contributed by atoms with Crippen LogP contribution in [0.2, 0.25) is 0 Å². The van der Waals surface area contributed by atoms with Crippen molar-refractivity contribution in [2.75, 3.05) is 6.61 Å². The lowest BCUT2D eigenvalue weighted by atomic mass is 10.2. The van der Waals surface area contributed by atoms with Gasteiger partial charge >= 0.3 is 6.18 Å². The van der Waals surface area contributed by atoms with E-state index in [-0.39, 0.29) is 18.0 Å². The molecule has 0 saturated heterocycles. The van der Waals surface area contributed by atoms with Crippen LogP contribution < -0.4 is 5.32 Å². The molecule has 2 aromatic rings. The summed E-state index contributed by atoms with van der Waals surface area (Å²) in [6, 6.07) is 4.05. The van der Waals surface area contributed by atoms with Gasteiger partial charge in [-0.15, -0.1) is 5.10 Å². The molecule has 2 rings (SSSR count). The summed E-state index contributed by atoms with van der Waals surface area (Å²) in [7, 11) is 0. The van der Waals surface area contributed by atoms with Gasteiger partial charge in [0.1, 0.15) is 0 Å². The summed E-state index contributed by atoms with van der Waals surface area (Å²) in [5.74, 6) is -0.570. The van der Waals surface area contributed by atoms with E-state index in [1.165, 1.54) is 18.3 Å². The van der Waals surface area contributed by atoms with Gasteiger partial charge in [0.25, 0.3) is 5.91 Å². The molecule has 0 aliphatic heterocycles. The van der Waals surface area contributed by atoms with Crippen molar-refractivity contribution in [1.29, 1.82) is 0 Å². The Morgan fingerprint density at radius 3 is 2.82 bits per heavy atom. The van der Waals surface area contributed by atoms with E-state index >= 15 is 0 Å². The number of aliphatic hydroxyl groups excluding tert-OH is 1. The van der Waals surface area contributed by atoms with Gasteiger partial charge in [-0.05, 0) is 25.1 Å². The quantitative estimate of drug-likeness (QED) is 0.894. The predicted octanol–water partition coefficient (Wildman–Crippen LogP) is 1.40. The average molecular weight is 314 g/mol. The van der Waals surface area contributed by atoms with E-state index < -0.39 is 23.7 Å². The van der Waals surface area contributed by atoms with Gasteiger partial charge in [0.2, 0.25) is 0 Å². The van der Waals surface area contributed by atoms with Crippen LogP contribution in [0, 0.1) is 0 Å². The van der Waals surface area contributed by atoms with Crippen LogP contribution in [0.1, 0.15) is 23.0 Å². The third kappa shape index (κ3) is 3.61. The molecule has 9 heteroatoms. The molecule has 0 spiro atoms. The molecule has 0 fully saturated rings. The van der Waals surface area contributed by atoms with Gasteiger partial charge in [0.15, 0.2) is 5.69 Å². The van der Waals surface area contributed by atoms with E-state index in [0.29, 0.717) is 0 Å². The SMILES string of the molecule is CC(CO)NC(=O)c1cn(-c2cccc(C(F)(F)F)c2)nn1. The van der Waals surface area contributed by atoms with E-state index in [2.05, 4.69) is 15.6 Å². The van der Waals surface area contributed by atoms with Crippen molar-refractivity contribution in [1.82, 2.24) is 20.3 Å². The molecule has 1 atom stereocenters. The molecule has 0 saturated carbocycles. The first-order valence-corrected chi connectivity index (χ1v) is 6.33. The summed E-state index contributed by atoms with van der Waals surface area (Å²) in [5.41, 5.74) is -0.741.